The van der Waals surface area contributed by atoms with Gasteiger partial charge in [0.05, 0.1) is 5.58 Å². The molecular formula is C36H25IrN3OS-2. The fourth-order valence-corrected chi connectivity index (χ4v) is 5.87. The van der Waals surface area contributed by atoms with Gasteiger partial charge in [-0.15, -0.1) is 48.0 Å². The SMILES string of the molecule is [2H]C([2H])([2H])c1cc2sc3c[c-]c(-c4cc(C([2H])([2H])[2H])c(C([2H])([2H])[2H])cn4)c4oc(n1)c2c34.[Ir].[c-]1ccccc1-c1cc(-c2ccccc2)ccn1. The van der Waals surface area contributed by atoms with E-state index in [0.29, 0.717) is 21.2 Å². The summed E-state index contributed by atoms with van der Waals surface area (Å²) in [6.07, 6.45) is 2.89. The molecule has 3 aromatic carbocycles. The van der Waals surface area contributed by atoms with E-state index in [2.05, 4.69) is 45.3 Å². The third kappa shape index (κ3) is 5.14. The predicted octanol–water partition coefficient (Wildman–Crippen LogP) is 9.63. The van der Waals surface area contributed by atoms with Gasteiger partial charge in [0, 0.05) is 60.6 Å². The summed E-state index contributed by atoms with van der Waals surface area (Å²) in [5.41, 5.74) is 4.64. The number of aromatic nitrogens is 3. The predicted molar refractivity (Wildman–Crippen MR) is 168 cm³/mol. The van der Waals surface area contributed by atoms with Crippen molar-refractivity contribution in [2.24, 2.45) is 0 Å². The average Bonchev–Trinajstić information content (AvgIpc) is 3.68. The number of thiophene rings is 1. The van der Waals surface area contributed by atoms with Crippen LogP contribution in [0.4, 0.5) is 0 Å². The zero-order valence-corrected chi connectivity index (χ0v) is 24.9. The van der Waals surface area contributed by atoms with Crippen LogP contribution in [-0.4, -0.2) is 15.0 Å². The first-order valence-electron chi connectivity index (χ1n) is 17.2. The van der Waals surface area contributed by atoms with Crippen LogP contribution in [0.15, 0.2) is 102 Å². The van der Waals surface area contributed by atoms with Gasteiger partial charge in [-0.2, -0.15) is 11.3 Å². The Balaban J connectivity index is 0.000000200. The van der Waals surface area contributed by atoms with Crippen LogP contribution in [0, 0.1) is 32.7 Å². The third-order valence-electron chi connectivity index (χ3n) is 6.68. The summed E-state index contributed by atoms with van der Waals surface area (Å²) in [7, 11) is 0. The first kappa shape index (κ1) is 19.1. The molecule has 5 aromatic heterocycles. The van der Waals surface area contributed by atoms with E-state index in [1.165, 1.54) is 34.6 Å². The van der Waals surface area contributed by atoms with Gasteiger partial charge in [-0.1, -0.05) is 53.6 Å². The zero-order valence-electron chi connectivity index (χ0n) is 30.7. The molecule has 8 rings (SSSR count). The van der Waals surface area contributed by atoms with E-state index >= 15 is 0 Å². The maximum Gasteiger partial charge on any atom is 0.217 e. The molecule has 6 heteroatoms. The van der Waals surface area contributed by atoms with Crippen LogP contribution in [0.5, 0.6) is 0 Å². The second-order valence-corrected chi connectivity index (χ2v) is 10.4. The van der Waals surface area contributed by atoms with Gasteiger partial charge >= 0.3 is 0 Å². The van der Waals surface area contributed by atoms with Crippen molar-refractivity contribution in [2.75, 3.05) is 0 Å². The van der Waals surface area contributed by atoms with Crippen LogP contribution < -0.4 is 0 Å². The summed E-state index contributed by atoms with van der Waals surface area (Å²) in [6, 6.07) is 33.0. The van der Waals surface area contributed by atoms with Crippen molar-refractivity contribution in [2.45, 2.75) is 20.6 Å². The van der Waals surface area contributed by atoms with E-state index in [1.807, 2.05) is 54.7 Å². The Labute approximate surface area is 274 Å². The molecule has 0 fully saturated rings. The molecule has 1 radical (unpaired) electrons. The molecule has 0 aliphatic carbocycles. The average molecular weight is 749 g/mol. The van der Waals surface area contributed by atoms with Gasteiger partial charge in [0.1, 0.15) is 0 Å². The minimum atomic E-state index is -2.67. The van der Waals surface area contributed by atoms with Crippen LogP contribution >= 0.6 is 11.3 Å². The van der Waals surface area contributed by atoms with E-state index < -0.39 is 20.6 Å². The summed E-state index contributed by atoms with van der Waals surface area (Å²) in [5, 5.41) is 1.40. The molecule has 0 saturated carbocycles. The van der Waals surface area contributed by atoms with Gasteiger partial charge in [0.25, 0.3) is 0 Å². The van der Waals surface area contributed by atoms with Gasteiger partial charge in [-0.25, -0.2) is 4.98 Å². The van der Waals surface area contributed by atoms with Gasteiger partial charge in [0.15, 0.2) is 0 Å². The quantitative estimate of drug-likeness (QED) is 0.169. The molecule has 0 N–H and O–H groups in total. The van der Waals surface area contributed by atoms with E-state index in [4.69, 9.17) is 16.8 Å². The molecule has 207 valence electrons. The monoisotopic (exact) mass is 749 g/mol. The van der Waals surface area contributed by atoms with E-state index in [9.17, 15) is 0 Å². The second-order valence-electron chi connectivity index (χ2n) is 9.31. The van der Waals surface area contributed by atoms with Crippen molar-refractivity contribution in [1.29, 1.82) is 0 Å². The number of furan rings is 1. The number of rotatable bonds is 3. The van der Waals surface area contributed by atoms with Crippen LogP contribution in [0.25, 0.3) is 65.1 Å². The van der Waals surface area contributed by atoms with Crippen LogP contribution in [0.1, 0.15) is 29.2 Å². The van der Waals surface area contributed by atoms with Crippen molar-refractivity contribution in [3.05, 3.63) is 126 Å². The molecule has 8 aromatic rings. The van der Waals surface area contributed by atoms with E-state index in [1.54, 1.807) is 6.07 Å². The van der Waals surface area contributed by atoms with Gasteiger partial charge in [0.2, 0.25) is 5.71 Å². The molecule has 0 spiro atoms. The Hall–Kier alpha value is -4.22. The molecule has 0 saturated heterocycles. The first-order valence-corrected chi connectivity index (χ1v) is 13.5. The molecule has 42 heavy (non-hydrogen) atoms. The third-order valence-corrected chi connectivity index (χ3v) is 7.76. The maximum atomic E-state index is 7.78. The Morgan fingerprint density at radius 2 is 1.67 bits per heavy atom. The van der Waals surface area contributed by atoms with Crippen molar-refractivity contribution in [1.82, 2.24) is 15.0 Å². The fraction of sp³-hybridized carbons (Fsp3) is 0.0833. The molecule has 0 aliphatic rings. The Morgan fingerprint density at radius 3 is 2.48 bits per heavy atom. The maximum absolute atomic E-state index is 7.78. The summed E-state index contributed by atoms with van der Waals surface area (Å²) < 4.78 is 76.7. The summed E-state index contributed by atoms with van der Waals surface area (Å²) in [6.45, 7) is -7.70. The number of aryl methyl sites for hydroxylation is 3. The standard InChI is InChI=1S/C19H13N2OS.C17H12N.Ir/c1-9-6-13(20-8-10(9)2)12-4-5-14-16-17-15(23-14)7-11(3)21-19(17)22-18(12)16;1-3-7-14(8-4-1)16-11-12-18-17(13-16)15-9-5-2-6-10-15;/h5-8H,1-3H3;1-9,11-13H;/q2*-1;/i1D3,2D3,3D3;;. The fourth-order valence-electron chi connectivity index (χ4n) is 4.75. The van der Waals surface area contributed by atoms with Crippen LogP contribution in [0.3, 0.4) is 0 Å². The molecule has 0 atom stereocenters. The molecule has 4 nitrogen and oxygen atoms in total. The van der Waals surface area contributed by atoms with Crippen molar-refractivity contribution in [3.8, 4) is 33.6 Å². The van der Waals surface area contributed by atoms with Gasteiger partial charge in [-0.3, -0.25) is 0 Å². The number of benzene rings is 3. The number of nitrogens with zero attached hydrogens (tertiary/aromatic N) is 3. The topological polar surface area (TPSA) is 51.8 Å². The first-order chi connectivity index (χ1) is 23.7. The van der Waals surface area contributed by atoms with Crippen molar-refractivity contribution < 1.29 is 36.9 Å². The van der Waals surface area contributed by atoms with E-state index in [0.717, 1.165) is 27.5 Å². The molecule has 0 amide bonds. The van der Waals surface area contributed by atoms with Crippen LogP contribution in [0.2, 0.25) is 0 Å². The minimum absolute atomic E-state index is 0. The molecule has 5 heterocycles. The Morgan fingerprint density at radius 1 is 0.786 bits per heavy atom. The van der Waals surface area contributed by atoms with Crippen molar-refractivity contribution in [3.63, 3.8) is 0 Å². The minimum Gasteiger partial charge on any atom is -0.486 e. The normalized spacial score (nSPS) is 15.1. The Bertz CT molecular complexity index is 2400. The Kier molecular flexibility index (Phi) is 5.25. The second kappa shape index (κ2) is 11.6. The van der Waals surface area contributed by atoms with Crippen molar-refractivity contribution >= 4 is 42.8 Å². The zero-order chi connectivity index (χ0) is 35.4. The van der Waals surface area contributed by atoms with Gasteiger partial charge in [-0.05, 0) is 70.9 Å². The number of hydrogen-bond donors (Lipinski definition) is 0. The largest absolute Gasteiger partial charge is 0.486 e. The smallest absolute Gasteiger partial charge is 0.217 e. The molecule has 0 aliphatic heterocycles. The number of pyridine rings is 3. The summed E-state index contributed by atoms with van der Waals surface area (Å²) in [4.78, 5) is 12.8. The summed E-state index contributed by atoms with van der Waals surface area (Å²) in [5.74, 6) is 0. The molecular weight excluding hydrogens is 715 g/mol. The van der Waals surface area contributed by atoms with E-state index in [-0.39, 0.29) is 48.3 Å². The number of hydrogen-bond acceptors (Lipinski definition) is 5. The molecule has 0 unspecified atom stereocenters. The molecule has 0 bridgehead atoms. The summed E-state index contributed by atoms with van der Waals surface area (Å²) >= 11 is 1.38. The van der Waals surface area contributed by atoms with Crippen LogP contribution in [-0.2, 0) is 20.1 Å². The van der Waals surface area contributed by atoms with Gasteiger partial charge < -0.3 is 14.4 Å².